The Labute approximate surface area is 119 Å². The molecule has 0 aromatic heterocycles. The van der Waals surface area contributed by atoms with Crippen molar-refractivity contribution in [1.29, 1.82) is 0 Å². The van der Waals surface area contributed by atoms with Crippen LogP contribution in [0.15, 0.2) is 60.7 Å². The number of benzene rings is 2. The van der Waals surface area contributed by atoms with E-state index in [1.54, 1.807) is 0 Å². The van der Waals surface area contributed by atoms with Gasteiger partial charge >= 0.3 is 5.97 Å². The first kappa shape index (κ1) is 12.9. The molecule has 0 heterocycles. The molecule has 2 nitrogen and oxygen atoms in total. The number of hydrogen-bond donors (Lipinski definition) is 0. The van der Waals surface area contributed by atoms with Crippen LogP contribution >= 0.6 is 0 Å². The summed E-state index contributed by atoms with van der Waals surface area (Å²) in [4.78, 5) is 12.5. The van der Waals surface area contributed by atoms with Gasteiger partial charge in [0.15, 0.2) is 0 Å². The highest BCUT2D eigenvalue weighted by Crippen LogP contribution is 2.65. The molecule has 1 fully saturated rings. The number of hydrogen-bond acceptors (Lipinski definition) is 2. The van der Waals surface area contributed by atoms with Gasteiger partial charge in [-0.25, -0.2) is 0 Å². The molecular weight excluding hydrogens is 248 g/mol. The Kier molecular flexibility index (Phi) is 2.89. The number of methoxy groups -OCH3 is 1. The fraction of sp³-hybridized carbons (Fsp3) is 0.278. The highest BCUT2D eigenvalue weighted by atomic mass is 16.5. The molecule has 102 valence electrons. The van der Waals surface area contributed by atoms with Gasteiger partial charge < -0.3 is 4.74 Å². The number of ether oxygens (including phenoxy) is 1. The number of carbonyl (C=O) groups excluding carboxylic acids is 1. The number of carbonyl (C=O) groups is 1. The highest BCUT2D eigenvalue weighted by molar-refractivity contribution is 5.91. The molecule has 2 heteroatoms. The molecule has 20 heavy (non-hydrogen) atoms. The predicted octanol–water partition coefficient (Wildman–Crippen LogP) is 3.46. The Balaban J connectivity index is 2.11. The molecule has 0 unspecified atom stereocenters. The van der Waals surface area contributed by atoms with Crippen LogP contribution in [0.3, 0.4) is 0 Å². The van der Waals surface area contributed by atoms with Gasteiger partial charge in [0.25, 0.3) is 0 Å². The van der Waals surface area contributed by atoms with Crippen LogP contribution in [-0.2, 0) is 20.4 Å². The second-order valence-electron chi connectivity index (χ2n) is 5.64. The average molecular weight is 266 g/mol. The summed E-state index contributed by atoms with van der Waals surface area (Å²) in [5.74, 6) is -0.143. The Morgan fingerprint density at radius 3 is 1.95 bits per heavy atom. The number of esters is 1. The van der Waals surface area contributed by atoms with Crippen molar-refractivity contribution in [3.63, 3.8) is 0 Å². The van der Waals surface area contributed by atoms with Crippen molar-refractivity contribution >= 4 is 5.97 Å². The molecular formula is C18H18O2. The van der Waals surface area contributed by atoms with Crippen molar-refractivity contribution in [2.75, 3.05) is 7.11 Å². The normalized spacial score (nSPS) is 27.9. The van der Waals surface area contributed by atoms with E-state index in [4.69, 9.17) is 4.74 Å². The summed E-state index contributed by atoms with van der Waals surface area (Å²) in [6.07, 6.45) is 0.792. The van der Waals surface area contributed by atoms with E-state index in [0.717, 1.165) is 12.0 Å². The van der Waals surface area contributed by atoms with Gasteiger partial charge in [0.2, 0.25) is 0 Å². The summed E-state index contributed by atoms with van der Waals surface area (Å²) in [6.45, 7) is 2.15. The standard InChI is InChI=1S/C18H18O2/c1-17(14-9-5-3-6-10-14)13-18(17,16(19)20-2)15-11-7-4-8-12-15/h3-12H,13H2,1-2H3/t17-,18-/m0/s1. The van der Waals surface area contributed by atoms with Gasteiger partial charge in [0.1, 0.15) is 5.41 Å². The minimum atomic E-state index is -0.551. The van der Waals surface area contributed by atoms with Crippen LogP contribution in [0.1, 0.15) is 24.5 Å². The van der Waals surface area contributed by atoms with E-state index in [1.165, 1.54) is 12.7 Å². The summed E-state index contributed by atoms with van der Waals surface area (Å²) in [6, 6.07) is 20.2. The first-order valence-electron chi connectivity index (χ1n) is 6.84. The zero-order chi connectivity index (χ0) is 14.2. The van der Waals surface area contributed by atoms with E-state index < -0.39 is 5.41 Å². The molecule has 1 saturated carbocycles. The van der Waals surface area contributed by atoms with Gasteiger partial charge in [0.05, 0.1) is 7.11 Å². The van der Waals surface area contributed by atoms with E-state index in [2.05, 4.69) is 19.1 Å². The zero-order valence-corrected chi connectivity index (χ0v) is 11.8. The van der Waals surface area contributed by atoms with Crippen molar-refractivity contribution in [3.8, 4) is 0 Å². The maximum Gasteiger partial charge on any atom is 0.317 e. The van der Waals surface area contributed by atoms with Crippen molar-refractivity contribution in [3.05, 3.63) is 71.8 Å². The van der Waals surface area contributed by atoms with Crippen molar-refractivity contribution in [2.45, 2.75) is 24.2 Å². The molecule has 0 aliphatic heterocycles. The van der Waals surface area contributed by atoms with E-state index in [9.17, 15) is 4.79 Å². The molecule has 2 aromatic rings. The van der Waals surface area contributed by atoms with E-state index >= 15 is 0 Å². The fourth-order valence-electron chi connectivity index (χ4n) is 3.37. The lowest BCUT2D eigenvalue weighted by molar-refractivity contribution is -0.144. The molecule has 0 saturated heterocycles. The summed E-state index contributed by atoms with van der Waals surface area (Å²) in [7, 11) is 1.47. The van der Waals surface area contributed by atoms with Crippen LogP contribution in [0.4, 0.5) is 0 Å². The van der Waals surface area contributed by atoms with Crippen molar-refractivity contribution < 1.29 is 9.53 Å². The number of rotatable bonds is 3. The zero-order valence-electron chi connectivity index (χ0n) is 11.8. The topological polar surface area (TPSA) is 26.3 Å². The highest BCUT2D eigenvalue weighted by Gasteiger charge is 2.71. The molecule has 3 rings (SSSR count). The Hall–Kier alpha value is -2.09. The minimum absolute atomic E-state index is 0.143. The summed E-state index contributed by atoms with van der Waals surface area (Å²) in [5, 5.41) is 0. The maximum absolute atomic E-state index is 12.5. The summed E-state index contributed by atoms with van der Waals surface area (Å²) < 4.78 is 5.11. The molecule has 2 atom stereocenters. The quantitative estimate of drug-likeness (QED) is 0.795. The van der Waals surface area contributed by atoms with Gasteiger partial charge in [0, 0.05) is 5.41 Å². The predicted molar refractivity (Wildman–Crippen MR) is 78.5 cm³/mol. The monoisotopic (exact) mass is 266 g/mol. The Morgan fingerprint density at radius 2 is 1.45 bits per heavy atom. The van der Waals surface area contributed by atoms with Gasteiger partial charge in [-0.2, -0.15) is 0 Å². The average Bonchev–Trinajstić information content (AvgIpc) is 3.17. The lowest BCUT2D eigenvalue weighted by atomic mass is 9.83. The lowest BCUT2D eigenvalue weighted by Gasteiger charge is -2.21. The smallest absolute Gasteiger partial charge is 0.317 e. The maximum atomic E-state index is 12.5. The molecule has 1 aliphatic carbocycles. The van der Waals surface area contributed by atoms with Crippen molar-refractivity contribution in [1.82, 2.24) is 0 Å². The SMILES string of the molecule is COC(=O)[C@@]1(c2ccccc2)C[C@@]1(C)c1ccccc1. The van der Waals surface area contributed by atoms with Crippen LogP contribution in [0, 0.1) is 0 Å². The fourth-order valence-corrected chi connectivity index (χ4v) is 3.37. The summed E-state index contributed by atoms with van der Waals surface area (Å²) >= 11 is 0. The van der Waals surface area contributed by atoms with E-state index in [1.807, 2.05) is 48.5 Å². The second kappa shape index (κ2) is 4.48. The molecule has 0 N–H and O–H groups in total. The van der Waals surface area contributed by atoms with Crippen LogP contribution < -0.4 is 0 Å². The largest absolute Gasteiger partial charge is 0.468 e. The Morgan fingerprint density at radius 1 is 0.950 bits per heavy atom. The van der Waals surface area contributed by atoms with Crippen LogP contribution in [0.2, 0.25) is 0 Å². The van der Waals surface area contributed by atoms with E-state index in [0.29, 0.717) is 0 Å². The first-order valence-corrected chi connectivity index (χ1v) is 6.84. The van der Waals surface area contributed by atoms with Gasteiger partial charge in [-0.05, 0) is 17.5 Å². The van der Waals surface area contributed by atoms with Crippen LogP contribution in [0.25, 0.3) is 0 Å². The minimum Gasteiger partial charge on any atom is -0.468 e. The van der Waals surface area contributed by atoms with E-state index in [-0.39, 0.29) is 11.4 Å². The van der Waals surface area contributed by atoms with Gasteiger partial charge in [-0.3, -0.25) is 4.79 Å². The van der Waals surface area contributed by atoms with Crippen LogP contribution in [-0.4, -0.2) is 13.1 Å². The third-order valence-corrected chi connectivity index (χ3v) is 4.65. The molecule has 0 bridgehead atoms. The lowest BCUT2D eigenvalue weighted by Crippen LogP contribution is -2.30. The van der Waals surface area contributed by atoms with Crippen molar-refractivity contribution in [2.24, 2.45) is 0 Å². The summed E-state index contributed by atoms with van der Waals surface area (Å²) in [5.41, 5.74) is 1.49. The third kappa shape index (κ3) is 1.61. The molecule has 0 spiro atoms. The third-order valence-electron chi connectivity index (χ3n) is 4.65. The first-order chi connectivity index (χ1) is 9.65. The molecule has 0 radical (unpaired) electrons. The molecule has 0 amide bonds. The molecule has 2 aromatic carbocycles. The van der Waals surface area contributed by atoms with Gasteiger partial charge in [-0.15, -0.1) is 0 Å². The molecule has 1 aliphatic rings. The van der Waals surface area contributed by atoms with Crippen LogP contribution in [0.5, 0.6) is 0 Å². The van der Waals surface area contributed by atoms with Gasteiger partial charge in [-0.1, -0.05) is 67.6 Å². The second-order valence-corrected chi connectivity index (χ2v) is 5.64. The Bertz CT molecular complexity index is 620.